The van der Waals surface area contributed by atoms with Gasteiger partial charge in [0.1, 0.15) is 5.82 Å². The first-order valence-electron chi connectivity index (χ1n) is 5.97. The summed E-state index contributed by atoms with van der Waals surface area (Å²) in [4.78, 5) is 8.88. The molecule has 0 N–H and O–H groups in total. The van der Waals surface area contributed by atoms with Crippen LogP contribution in [0.15, 0.2) is 18.2 Å². The van der Waals surface area contributed by atoms with Gasteiger partial charge in [0, 0.05) is 16.4 Å². The summed E-state index contributed by atoms with van der Waals surface area (Å²) in [6.45, 7) is 1.96. The fourth-order valence-corrected chi connectivity index (χ4v) is 2.58. The molecule has 0 unspecified atom stereocenters. The third kappa shape index (κ3) is 1.89. The van der Waals surface area contributed by atoms with Gasteiger partial charge in [-0.05, 0) is 49.9 Å². The van der Waals surface area contributed by atoms with E-state index in [2.05, 4.69) is 9.97 Å². The number of hydrogen-bond acceptors (Lipinski definition) is 2. The Kier molecular flexibility index (Phi) is 2.78. The van der Waals surface area contributed by atoms with Crippen LogP contribution in [-0.4, -0.2) is 9.97 Å². The Morgan fingerprint density at radius 2 is 2.06 bits per heavy atom. The van der Waals surface area contributed by atoms with Crippen molar-refractivity contribution >= 4 is 11.6 Å². The van der Waals surface area contributed by atoms with Crippen molar-refractivity contribution in [3.05, 3.63) is 46.0 Å². The Balaban J connectivity index is 2.18. The summed E-state index contributed by atoms with van der Waals surface area (Å²) in [5, 5.41) is 0.494. The maximum Gasteiger partial charge on any atom is 0.162 e. The number of rotatable bonds is 1. The normalized spacial score (nSPS) is 13.7. The predicted octanol–water partition coefficient (Wildman–Crippen LogP) is 3.73. The van der Waals surface area contributed by atoms with Crippen molar-refractivity contribution < 1.29 is 4.39 Å². The molecular weight excluding hydrogens is 251 g/mol. The Hall–Kier alpha value is -1.48. The summed E-state index contributed by atoms with van der Waals surface area (Å²) in [5.41, 5.74) is 3.60. The van der Waals surface area contributed by atoms with Crippen molar-refractivity contribution in [2.24, 2.45) is 0 Å². The smallest absolute Gasteiger partial charge is 0.162 e. The van der Waals surface area contributed by atoms with Gasteiger partial charge in [-0.3, -0.25) is 0 Å². The Morgan fingerprint density at radius 1 is 1.22 bits per heavy atom. The molecule has 1 aromatic carbocycles. The van der Waals surface area contributed by atoms with Crippen molar-refractivity contribution in [2.75, 3.05) is 0 Å². The molecule has 1 aromatic heterocycles. The Bertz CT molecular complexity index is 625. The molecular formula is C14H12ClFN2. The van der Waals surface area contributed by atoms with E-state index in [4.69, 9.17) is 11.6 Å². The van der Waals surface area contributed by atoms with E-state index in [1.54, 1.807) is 6.07 Å². The fraction of sp³-hybridized carbons (Fsp3) is 0.286. The minimum absolute atomic E-state index is 0.336. The SMILES string of the molecule is Cc1nc(-c2cc(Cl)ccc2F)nc2c1CCC2. The molecule has 1 aliphatic rings. The highest BCUT2D eigenvalue weighted by molar-refractivity contribution is 6.30. The second-order valence-corrected chi connectivity index (χ2v) is 4.97. The van der Waals surface area contributed by atoms with E-state index < -0.39 is 0 Å². The lowest BCUT2D eigenvalue weighted by atomic mass is 10.1. The highest BCUT2D eigenvalue weighted by Crippen LogP contribution is 2.28. The molecule has 2 nitrogen and oxygen atoms in total. The quantitative estimate of drug-likeness (QED) is 0.783. The zero-order valence-electron chi connectivity index (χ0n) is 10.0. The molecule has 0 bridgehead atoms. The Morgan fingerprint density at radius 3 is 2.89 bits per heavy atom. The van der Waals surface area contributed by atoms with Crippen LogP contribution < -0.4 is 0 Å². The minimum atomic E-state index is -0.336. The van der Waals surface area contributed by atoms with Crippen LogP contribution in [0.5, 0.6) is 0 Å². The zero-order chi connectivity index (χ0) is 12.7. The van der Waals surface area contributed by atoms with E-state index in [-0.39, 0.29) is 5.82 Å². The molecule has 1 aliphatic carbocycles. The Labute approximate surface area is 110 Å². The van der Waals surface area contributed by atoms with Crippen molar-refractivity contribution in [1.82, 2.24) is 9.97 Å². The van der Waals surface area contributed by atoms with Gasteiger partial charge in [-0.15, -0.1) is 0 Å². The third-order valence-corrected chi connectivity index (χ3v) is 3.54. The summed E-state index contributed by atoms with van der Waals surface area (Å²) in [6, 6.07) is 4.46. The monoisotopic (exact) mass is 262 g/mol. The summed E-state index contributed by atoms with van der Waals surface area (Å²) < 4.78 is 13.8. The van der Waals surface area contributed by atoms with Gasteiger partial charge in [-0.25, -0.2) is 14.4 Å². The van der Waals surface area contributed by atoms with Crippen LogP contribution in [0.25, 0.3) is 11.4 Å². The summed E-state index contributed by atoms with van der Waals surface area (Å²) in [7, 11) is 0. The number of aromatic nitrogens is 2. The van der Waals surface area contributed by atoms with Gasteiger partial charge in [0.2, 0.25) is 0 Å². The van der Waals surface area contributed by atoms with Crippen molar-refractivity contribution in [3.63, 3.8) is 0 Å². The van der Waals surface area contributed by atoms with E-state index in [0.717, 1.165) is 30.7 Å². The molecule has 1 heterocycles. The van der Waals surface area contributed by atoms with E-state index in [0.29, 0.717) is 16.4 Å². The molecule has 0 fully saturated rings. The number of halogens is 2. The number of aryl methyl sites for hydroxylation is 2. The molecule has 0 saturated carbocycles. The molecule has 0 radical (unpaired) electrons. The van der Waals surface area contributed by atoms with Crippen LogP contribution in [0.4, 0.5) is 4.39 Å². The van der Waals surface area contributed by atoms with Crippen molar-refractivity contribution in [1.29, 1.82) is 0 Å². The van der Waals surface area contributed by atoms with Gasteiger partial charge < -0.3 is 0 Å². The van der Waals surface area contributed by atoms with E-state index in [9.17, 15) is 4.39 Å². The lowest BCUT2D eigenvalue weighted by Crippen LogP contribution is -2.01. The summed E-state index contributed by atoms with van der Waals surface area (Å²) in [5.74, 6) is 0.102. The lowest BCUT2D eigenvalue weighted by molar-refractivity contribution is 0.629. The molecule has 18 heavy (non-hydrogen) atoms. The number of hydrogen-bond donors (Lipinski definition) is 0. The van der Waals surface area contributed by atoms with Gasteiger partial charge in [0.15, 0.2) is 5.82 Å². The van der Waals surface area contributed by atoms with Crippen LogP contribution in [0.1, 0.15) is 23.4 Å². The molecule has 3 rings (SSSR count). The zero-order valence-corrected chi connectivity index (χ0v) is 10.8. The largest absolute Gasteiger partial charge is 0.233 e. The third-order valence-electron chi connectivity index (χ3n) is 3.31. The first-order chi connectivity index (χ1) is 8.65. The second kappa shape index (κ2) is 4.32. The maximum absolute atomic E-state index is 13.8. The summed E-state index contributed by atoms with van der Waals surface area (Å²) >= 11 is 5.90. The molecule has 2 aromatic rings. The minimum Gasteiger partial charge on any atom is -0.233 e. The van der Waals surface area contributed by atoms with Crippen molar-refractivity contribution in [2.45, 2.75) is 26.2 Å². The number of nitrogens with zero attached hydrogens (tertiary/aromatic N) is 2. The molecule has 92 valence electrons. The fourth-order valence-electron chi connectivity index (χ4n) is 2.41. The molecule has 0 atom stereocenters. The highest BCUT2D eigenvalue weighted by atomic mass is 35.5. The number of fused-ring (bicyclic) bond motifs is 1. The van der Waals surface area contributed by atoms with Gasteiger partial charge in [-0.1, -0.05) is 11.6 Å². The van der Waals surface area contributed by atoms with Crippen LogP contribution in [0, 0.1) is 12.7 Å². The molecule has 0 aliphatic heterocycles. The first-order valence-corrected chi connectivity index (χ1v) is 6.35. The van der Waals surface area contributed by atoms with Crippen LogP contribution in [-0.2, 0) is 12.8 Å². The average Bonchev–Trinajstić information content (AvgIpc) is 2.81. The molecule has 0 saturated heterocycles. The lowest BCUT2D eigenvalue weighted by Gasteiger charge is -2.08. The molecule has 0 spiro atoms. The van der Waals surface area contributed by atoms with Gasteiger partial charge >= 0.3 is 0 Å². The van der Waals surface area contributed by atoms with Gasteiger partial charge in [-0.2, -0.15) is 0 Å². The summed E-state index contributed by atoms with van der Waals surface area (Å²) in [6.07, 6.45) is 3.08. The predicted molar refractivity (Wildman–Crippen MR) is 69.2 cm³/mol. The van der Waals surface area contributed by atoms with Crippen molar-refractivity contribution in [3.8, 4) is 11.4 Å². The number of benzene rings is 1. The topological polar surface area (TPSA) is 25.8 Å². The highest BCUT2D eigenvalue weighted by Gasteiger charge is 2.18. The van der Waals surface area contributed by atoms with Gasteiger partial charge in [0.25, 0.3) is 0 Å². The van der Waals surface area contributed by atoms with E-state index in [1.807, 2.05) is 6.92 Å². The second-order valence-electron chi connectivity index (χ2n) is 4.54. The van der Waals surface area contributed by atoms with Crippen LogP contribution in [0.2, 0.25) is 5.02 Å². The maximum atomic E-state index is 13.8. The standard InChI is InChI=1S/C14H12ClFN2/c1-8-10-3-2-4-13(10)18-14(17-8)11-7-9(15)5-6-12(11)16/h5-7H,2-4H2,1H3. The first kappa shape index (κ1) is 11.6. The van der Waals surface area contributed by atoms with Gasteiger partial charge in [0.05, 0.1) is 5.56 Å². The average molecular weight is 263 g/mol. The molecule has 4 heteroatoms. The van der Waals surface area contributed by atoms with Crippen LogP contribution >= 0.6 is 11.6 Å². The molecule has 0 amide bonds. The van der Waals surface area contributed by atoms with E-state index >= 15 is 0 Å². The van der Waals surface area contributed by atoms with Crippen LogP contribution in [0.3, 0.4) is 0 Å². The van der Waals surface area contributed by atoms with E-state index in [1.165, 1.54) is 17.7 Å².